The molecule has 3 rings (SSSR count). The minimum absolute atomic E-state index is 0.0563. The molecular formula is C22H22F3NO2. The average Bonchev–Trinajstić information content (AvgIpc) is 2.65. The Hall–Kier alpha value is -2.50. The van der Waals surface area contributed by atoms with Crippen molar-refractivity contribution in [3.63, 3.8) is 0 Å². The number of aromatic nitrogens is 1. The Morgan fingerprint density at radius 1 is 1.00 bits per heavy atom. The number of halogens is 3. The van der Waals surface area contributed by atoms with Crippen LogP contribution in [0.1, 0.15) is 50.8 Å². The SMILES string of the molecule is CC(C)CCC1=C(Cc2ccc(C(F)(F)F)cn2)C(=O)C2=CCCC=C2C1=O. The summed E-state index contributed by atoms with van der Waals surface area (Å²) >= 11 is 0. The number of pyridine rings is 1. The maximum atomic E-state index is 13.1. The van der Waals surface area contributed by atoms with Crippen molar-refractivity contribution in [3.05, 3.63) is 64.0 Å². The second kappa shape index (κ2) is 7.86. The number of hydrogen-bond donors (Lipinski definition) is 0. The number of nitrogens with zero attached hydrogens (tertiary/aromatic N) is 1. The zero-order valence-electron chi connectivity index (χ0n) is 15.9. The zero-order chi connectivity index (χ0) is 20.5. The highest BCUT2D eigenvalue weighted by molar-refractivity contribution is 6.29. The lowest BCUT2D eigenvalue weighted by Crippen LogP contribution is -2.27. The quantitative estimate of drug-likeness (QED) is 0.698. The van der Waals surface area contributed by atoms with Crippen LogP contribution in [0.2, 0.25) is 0 Å². The number of fused-ring (bicyclic) bond motifs is 1. The molecule has 0 spiro atoms. The third-order valence-corrected chi connectivity index (χ3v) is 5.04. The fourth-order valence-corrected chi connectivity index (χ4v) is 3.47. The smallest absolute Gasteiger partial charge is 0.289 e. The summed E-state index contributed by atoms with van der Waals surface area (Å²) in [5, 5.41) is 0. The topological polar surface area (TPSA) is 47.0 Å². The lowest BCUT2D eigenvalue weighted by atomic mass is 9.76. The van der Waals surface area contributed by atoms with Crippen LogP contribution < -0.4 is 0 Å². The van der Waals surface area contributed by atoms with E-state index in [0.29, 0.717) is 46.7 Å². The van der Waals surface area contributed by atoms with Crippen molar-refractivity contribution < 1.29 is 22.8 Å². The van der Waals surface area contributed by atoms with Gasteiger partial charge in [-0.2, -0.15) is 13.2 Å². The summed E-state index contributed by atoms with van der Waals surface area (Å²) in [6.45, 7) is 4.08. The minimum Gasteiger partial charge on any atom is -0.289 e. The molecule has 0 aliphatic heterocycles. The second-order valence-corrected chi connectivity index (χ2v) is 7.57. The Balaban J connectivity index is 1.98. The predicted molar refractivity (Wildman–Crippen MR) is 99.5 cm³/mol. The van der Waals surface area contributed by atoms with Gasteiger partial charge in [0.15, 0.2) is 11.6 Å². The van der Waals surface area contributed by atoms with Crippen LogP contribution in [0.4, 0.5) is 13.2 Å². The first kappa shape index (κ1) is 20.2. The molecule has 6 heteroatoms. The Morgan fingerprint density at radius 2 is 1.61 bits per heavy atom. The van der Waals surface area contributed by atoms with E-state index in [2.05, 4.69) is 4.98 Å². The van der Waals surface area contributed by atoms with E-state index < -0.39 is 11.7 Å². The maximum Gasteiger partial charge on any atom is 0.417 e. The lowest BCUT2D eigenvalue weighted by Gasteiger charge is -2.25. The number of rotatable bonds is 5. The van der Waals surface area contributed by atoms with Gasteiger partial charge in [-0.3, -0.25) is 14.6 Å². The molecule has 0 saturated carbocycles. The Morgan fingerprint density at radius 3 is 2.11 bits per heavy atom. The van der Waals surface area contributed by atoms with E-state index in [0.717, 1.165) is 25.1 Å². The Kier molecular flexibility index (Phi) is 5.68. The first-order chi connectivity index (χ1) is 13.2. The van der Waals surface area contributed by atoms with E-state index in [-0.39, 0.29) is 18.0 Å². The number of carbonyl (C=O) groups excluding carboxylic acids is 2. The van der Waals surface area contributed by atoms with Crippen LogP contribution in [0.3, 0.4) is 0 Å². The molecule has 28 heavy (non-hydrogen) atoms. The molecule has 0 radical (unpaired) electrons. The minimum atomic E-state index is -4.46. The van der Waals surface area contributed by atoms with Crippen molar-refractivity contribution in [1.29, 1.82) is 0 Å². The van der Waals surface area contributed by atoms with Gasteiger partial charge >= 0.3 is 6.18 Å². The third kappa shape index (κ3) is 4.16. The van der Waals surface area contributed by atoms with Gasteiger partial charge in [0.2, 0.25) is 0 Å². The molecule has 0 amide bonds. The van der Waals surface area contributed by atoms with Gasteiger partial charge in [0.25, 0.3) is 0 Å². The van der Waals surface area contributed by atoms with Gasteiger partial charge in [0.05, 0.1) is 5.56 Å². The molecule has 2 aliphatic carbocycles. The summed E-state index contributed by atoms with van der Waals surface area (Å²) in [6.07, 6.45) is 2.62. The number of alkyl halides is 3. The van der Waals surface area contributed by atoms with Crippen LogP contribution in [-0.2, 0) is 22.2 Å². The first-order valence-electron chi connectivity index (χ1n) is 9.42. The van der Waals surface area contributed by atoms with E-state index in [9.17, 15) is 22.8 Å². The summed E-state index contributed by atoms with van der Waals surface area (Å²) in [6, 6.07) is 2.23. The van der Waals surface area contributed by atoms with Crippen LogP contribution >= 0.6 is 0 Å². The summed E-state index contributed by atoms with van der Waals surface area (Å²) < 4.78 is 38.3. The van der Waals surface area contributed by atoms with Crippen molar-refractivity contribution in [3.8, 4) is 0 Å². The van der Waals surface area contributed by atoms with Gasteiger partial charge < -0.3 is 0 Å². The average molecular weight is 389 g/mol. The summed E-state index contributed by atoms with van der Waals surface area (Å²) in [5.74, 6) is 0.0252. The van der Waals surface area contributed by atoms with Gasteiger partial charge in [-0.15, -0.1) is 0 Å². The summed E-state index contributed by atoms with van der Waals surface area (Å²) in [5.41, 5.74) is 1.24. The molecule has 0 saturated heterocycles. The molecule has 2 aliphatic rings. The van der Waals surface area contributed by atoms with Crippen molar-refractivity contribution in [2.75, 3.05) is 0 Å². The van der Waals surface area contributed by atoms with Crippen molar-refractivity contribution in [1.82, 2.24) is 4.98 Å². The fraction of sp³-hybridized carbons (Fsp3) is 0.409. The highest BCUT2D eigenvalue weighted by atomic mass is 19.4. The summed E-state index contributed by atoms with van der Waals surface area (Å²) in [4.78, 5) is 30.0. The van der Waals surface area contributed by atoms with Crippen LogP contribution in [-0.4, -0.2) is 16.6 Å². The van der Waals surface area contributed by atoms with Gasteiger partial charge in [0, 0.05) is 40.6 Å². The molecule has 1 heterocycles. The molecule has 3 nitrogen and oxygen atoms in total. The van der Waals surface area contributed by atoms with Crippen LogP contribution in [0, 0.1) is 5.92 Å². The van der Waals surface area contributed by atoms with Crippen LogP contribution in [0.25, 0.3) is 0 Å². The molecule has 0 aromatic carbocycles. The zero-order valence-corrected chi connectivity index (χ0v) is 15.9. The second-order valence-electron chi connectivity index (χ2n) is 7.57. The number of carbonyl (C=O) groups is 2. The molecule has 0 unspecified atom stereocenters. The van der Waals surface area contributed by atoms with E-state index in [1.807, 2.05) is 19.9 Å². The van der Waals surface area contributed by atoms with E-state index in [1.165, 1.54) is 6.07 Å². The standard InChI is InChI=1S/C22H22F3NO2/c1-13(2)7-10-18-19(11-15-9-8-14(12-26-15)22(23,24)25)21(28)17-6-4-3-5-16(17)20(18)27/h5-6,8-9,12-13H,3-4,7,10-11H2,1-2H3. The molecule has 0 atom stereocenters. The largest absolute Gasteiger partial charge is 0.417 e. The summed E-state index contributed by atoms with van der Waals surface area (Å²) in [7, 11) is 0. The molecule has 0 N–H and O–H groups in total. The monoisotopic (exact) mass is 389 g/mol. The first-order valence-corrected chi connectivity index (χ1v) is 9.42. The van der Waals surface area contributed by atoms with Gasteiger partial charge in [-0.05, 0) is 43.7 Å². The molecule has 0 fully saturated rings. The van der Waals surface area contributed by atoms with Gasteiger partial charge in [-0.1, -0.05) is 26.0 Å². The normalized spacial score (nSPS) is 17.6. The maximum absolute atomic E-state index is 13.1. The predicted octanol–water partition coefficient (Wildman–Crippen LogP) is 5.17. The van der Waals surface area contributed by atoms with Crippen molar-refractivity contribution >= 4 is 11.6 Å². The third-order valence-electron chi connectivity index (χ3n) is 5.04. The molecule has 148 valence electrons. The molecule has 1 aromatic heterocycles. The van der Waals surface area contributed by atoms with Crippen LogP contribution in [0.5, 0.6) is 0 Å². The van der Waals surface area contributed by atoms with E-state index in [4.69, 9.17) is 0 Å². The van der Waals surface area contributed by atoms with E-state index in [1.54, 1.807) is 6.08 Å². The fourth-order valence-electron chi connectivity index (χ4n) is 3.47. The van der Waals surface area contributed by atoms with E-state index >= 15 is 0 Å². The van der Waals surface area contributed by atoms with Crippen molar-refractivity contribution in [2.24, 2.45) is 5.92 Å². The highest BCUT2D eigenvalue weighted by Crippen LogP contribution is 2.35. The highest BCUT2D eigenvalue weighted by Gasteiger charge is 2.35. The molecular weight excluding hydrogens is 367 g/mol. The van der Waals surface area contributed by atoms with Gasteiger partial charge in [0.1, 0.15) is 0 Å². The number of ketones is 2. The molecule has 1 aromatic rings. The van der Waals surface area contributed by atoms with Crippen LogP contribution in [0.15, 0.2) is 52.8 Å². The Labute approximate surface area is 162 Å². The molecule has 0 bridgehead atoms. The van der Waals surface area contributed by atoms with Gasteiger partial charge in [-0.25, -0.2) is 0 Å². The lowest BCUT2D eigenvalue weighted by molar-refractivity contribution is -0.137. The number of hydrogen-bond acceptors (Lipinski definition) is 3. The number of allylic oxidation sites excluding steroid dienone is 6. The number of Topliss-reactive ketones (excluding diaryl/α,β-unsaturated/α-hetero) is 2. The Bertz CT molecular complexity index is 887. The van der Waals surface area contributed by atoms with Crippen molar-refractivity contribution in [2.45, 2.75) is 52.1 Å².